The fourth-order valence-electron chi connectivity index (χ4n) is 1.03. The average Bonchev–Trinajstić information content (AvgIpc) is 2.02. The monoisotopic (exact) mass is 191 g/mol. The van der Waals surface area contributed by atoms with Crippen molar-refractivity contribution in [3.63, 3.8) is 0 Å². The number of rotatable bonds is 6. The summed E-state index contributed by atoms with van der Waals surface area (Å²) in [7, 11) is 0. The van der Waals surface area contributed by atoms with Crippen LogP contribution in [-0.2, 0) is 0 Å². The third-order valence-corrected chi connectivity index (χ3v) is 2.74. The Morgan fingerprint density at radius 3 is 2.42 bits per heavy atom. The van der Waals surface area contributed by atoms with Crippen molar-refractivity contribution in [2.24, 2.45) is 5.41 Å². The molecule has 0 aromatic carbocycles. The highest BCUT2D eigenvalue weighted by atomic mass is 35.5. The Morgan fingerprint density at radius 1 is 1.42 bits per heavy atom. The zero-order chi connectivity index (χ0) is 9.61. The summed E-state index contributed by atoms with van der Waals surface area (Å²) in [5.74, 6) is 0.721. The fourth-order valence-corrected chi connectivity index (χ4v) is 1.13. The van der Waals surface area contributed by atoms with Crippen molar-refractivity contribution < 1.29 is 0 Å². The maximum absolute atomic E-state index is 5.81. The Balaban J connectivity index is 3.52. The van der Waals surface area contributed by atoms with E-state index in [1.807, 2.05) is 0 Å². The molecule has 0 fully saturated rings. The molecule has 2 heteroatoms. The van der Waals surface area contributed by atoms with Gasteiger partial charge in [-0.15, -0.1) is 11.6 Å². The standard InChI is InChI=1S/C10H22ClN/c1-5-6-9(2)12-8-10(3,4)7-11/h9,12H,5-8H2,1-4H3. The lowest BCUT2D eigenvalue weighted by atomic mass is 9.96. The Hall–Kier alpha value is 0.250. The van der Waals surface area contributed by atoms with Gasteiger partial charge in [0.2, 0.25) is 0 Å². The van der Waals surface area contributed by atoms with Crippen LogP contribution in [0.25, 0.3) is 0 Å². The molecule has 1 nitrogen and oxygen atoms in total. The van der Waals surface area contributed by atoms with E-state index in [1.54, 1.807) is 0 Å². The molecule has 0 saturated heterocycles. The van der Waals surface area contributed by atoms with Gasteiger partial charge in [-0.3, -0.25) is 0 Å². The van der Waals surface area contributed by atoms with Crippen LogP contribution in [0.5, 0.6) is 0 Å². The van der Waals surface area contributed by atoms with Gasteiger partial charge in [-0.2, -0.15) is 0 Å². The first-order chi connectivity index (χ1) is 5.52. The first-order valence-electron chi connectivity index (χ1n) is 4.81. The second-order valence-electron chi connectivity index (χ2n) is 4.37. The van der Waals surface area contributed by atoms with Gasteiger partial charge in [0.1, 0.15) is 0 Å². The zero-order valence-corrected chi connectivity index (χ0v) is 9.54. The van der Waals surface area contributed by atoms with Crippen LogP contribution in [0.15, 0.2) is 0 Å². The van der Waals surface area contributed by atoms with E-state index in [1.165, 1.54) is 12.8 Å². The second kappa shape index (κ2) is 5.82. The molecule has 0 aromatic rings. The lowest BCUT2D eigenvalue weighted by Crippen LogP contribution is -2.36. The van der Waals surface area contributed by atoms with Crippen LogP contribution in [0.4, 0.5) is 0 Å². The molecule has 1 unspecified atom stereocenters. The smallest absolute Gasteiger partial charge is 0.0286 e. The summed E-state index contributed by atoms with van der Waals surface area (Å²) in [6, 6.07) is 0.623. The molecule has 0 aliphatic carbocycles. The van der Waals surface area contributed by atoms with E-state index < -0.39 is 0 Å². The van der Waals surface area contributed by atoms with Crippen LogP contribution in [0.3, 0.4) is 0 Å². The largest absolute Gasteiger partial charge is 0.314 e. The van der Waals surface area contributed by atoms with Crippen molar-refractivity contribution >= 4 is 11.6 Å². The molecule has 0 heterocycles. The molecule has 0 saturated carbocycles. The van der Waals surface area contributed by atoms with Crippen LogP contribution in [0.2, 0.25) is 0 Å². The van der Waals surface area contributed by atoms with Crippen LogP contribution in [0, 0.1) is 5.41 Å². The number of hydrogen-bond acceptors (Lipinski definition) is 1. The third-order valence-electron chi connectivity index (χ3n) is 2.01. The number of halogens is 1. The summed E-state index contributed by atoms with van der Waals surface area (Å²) in [4.78, 5) is 0. The molecule has 0 aliphatic rings. The van der Waals surface area contributed by atoms with E-state index in [2.05, 4.69) is 33.0 Å². The van der Waals surface area contributed by atoms with E-state index in [0.717, 1.165) is 12.4 Å². The van der Waals surface area contributed by atoms with E-state index in [9.17, 15) is 0 Å². The minimum Gasteiger partial charge on any atom is -0.314 e. The maximum Gasteiger partial charge on any atom is 0.0286 e. The topological polar surface area (TPSA) is 12.0 Å². The van der Waals surface area contributed by atoms with Gasteiger partial charge in [0.25, 0.3) is 0 Å². The maximum atomic E-state index is 5.81. The minimum atomic E-state index is 0.226. The molecular weight excluding hydrogens is 170 g/mol. The minimum absolute atomic E-state index is 0.226. The van der Waals surface area contributed by atoms with Gasteiger partial charge < -0.3 is 5.32 Å². The molecular formula is C10H22ClN. The van der Waals surface area contributed by atoms with Crippen molar-refractivity contribution in [2.45, 2.75) is 46.6 Å². The van der Waals surface area contributed by atoms with E-state index in [-0.39, 0.29) is 5.41 Å². The first-order valence-corrected chi connectivity index (χ1v) is 5.34. The van der Waals surface area contributed by atoms with E-state index in [4.69, 9.17) is 11.6 Å². The van der Waals surface area contributed by atoms with Crippen LogP contribution in [0.1, 0.15) is 40.5 Å². The highest BCUT2D eigenvalue weighted by Crippen LogP contribution is 2.15. The van der Waals surface area contributed by atoms with E-state index in [0.29, 0.717) is 6.04 Å². The van der Waals surface area contributed by atoms with Crippen LogP contribution >= 0.6 is 11.6 Å². The lowest BCUT2D eigenvalue weighted by Gasteiger charge is -2.24. The van der Waals surface area contributed by atoms with Crippen molar-refractivity contribution in [1.29, 1.82) is 0 Å². The van der Waals surface area contributed by atoms with Gasteiger partial charge in [0.05, 0.1) is 0 Å². The highest BCUT2D eigenvalue weighted by Gasteiger charge is 2.16. The normalized spacial score (nSPS) is 14.8. The Labute approximate surface area is 81.9 Å². The lowest BCUT2D eigenvalue weighted by molar-refractivity contribution is 0.354. The fraction of sp³-hybridized carbons (Fsp3) is 1.00. The summed E-state index contributed by atoms with van der Waals surface area (Å²) in [6.07, 6.45) is 2.49. The second-order valence-corrected chi connectivity index (χ2v) is 4.64. The SMILES string of the molecule is CCCC(C)NCC(C)(C)CCl. The Bertz CT molecular complexity index is 112. The molecule has 1 atom stereocenters. The molecule has 0 radical (unpaired) electrons. The van der Waals surface area contributed by atoms with E-state index >= 15 is 0 Å². The predicted molar refractivity (Wildman–Crippen MR) is 56.9 cm³/mol. The van der Waals surface area contributed by atoms with Gasteiger partial charge in [-0.1, -0.05) is 27.2 Å². The summed E-state index contributed by atoms with van der Waals surface area (Å²) >= 11 is 5.81. The number of alkyl halides is 1. The van der Waals surface area contributed by atoms with Gasteiger partial charge in [-0.05, 0) is 18.8 Å². The van der Waals surface area contributed by atoms with Gasteiger partial charge in [0.15, 0.2) is 0 Å². The number of hydrogen-bond donors (Lipinski definition) is 1. The highest BCUT2D eigenvalue weighted by molar-refractivity contribution is 6.18. The molecule has 1 N–H and O–H groups in total. The quantitative estimate of drug-likeness (QED) is 0.637. The molecule has 0 bridgehead atoms. The third kappa shape index (κ3) is 5.84. The first kappa shape index (κ1) is 12.2. The van der Waals surface area contributed by atoms with Crippen LogP contribution < -0.4 is 5.32 Å². The summed E-state index contributed by atoms with van der Waals surface area (Å²) < 4.78 is 0. The summed E-state index contributed by atoms with van der Waals surface area (Å²) in [6.45, 7) is 9.83. The number of nitrogens with one attached hydrogen (secondary N) is 1. The Kier molecular flexibility index (Phi) is 5.94. The van der Waals surface area contributed by atoms with Crippen molar-refractivity contribution in [3.05, 3.63) is 0 Å². The summed E-state index contributed by atoms with van der Waals surface area (Å²) in [5.41, 5.74) is 0.226. The molecule has 0 aromatic heterocycles. The Morgan fingerprint density at radius 2 is 2.00 bits per heavy atom. The molecule has 0 spiro atoms. The van der Waals surface area contributed by atoms with Gasteiger partial charge in [-0.25, -0.2) is 0 Å². The van der Waals surface area contributed by atoms with Gasteiger partial charge in [0, 0.05) is 18.5 Å². The van der Waals surface area contributed by atoms with Crippen molar-refractivity contribution in [1.82, 2.24) is 5.32 Å². The molecule has 12 heavy (non-hydrogen) atoms. The molecule has 0 rings (SSSR count). The summed E-state index contributed by atoms with van der Waals surface area (Å²) in [5, 5.41) is 3.49. The van der Waals surface area contributed by atoms with Crippen LogP contribution in [-0.4, -0.2) is 18.5 Å². The van der Waals surface area contributed by atoms with Crippen molar-refractivity contribution in [3.8, 4) is 0 Å². The van der Waals surface area contributed by atoms with Crippen molar-refractivity contribution in [2.75, 3.05) is 12.4 Å². The van der Waals surface area contributed by atoms with Gasteiger partial charge >= 0.3 is 0 Å². The predicted octanol–water partition coefficient (Wildman–Crippen LogP) is 3.03. The zero-order valence-electron chi connectivity index (χ0n) is 8.78. The molecule has 0 aliphatic heterocycles. The average molecular weight is 192 g/mol. The molecule has 74 valence electrons. The molecule has 0 amide bonds.